The summed E-state index contributed by atoms with van der Waals surface area (Å²) in [5.74, 6) is -7.67. The van der Waals surface area contributed by atoms with Gasteiger partial charge in [-0.25, -0.2) is 4.79 Å². The third kappa shape index (κ3) is 6.80. The predicted molar refractivity (Wildman–Crippen MR) is 201 cm³/mol. The monoisotopic (exact) mass is 848 g/mol. The van der Waals surface area contributed by atoms with Crippen molar-refractivity contribution in [3.63, 3.8) is 0 Å². The lowest BCUT2D eigenvalue weighted by Crippen LogP contribution is -2.60. The molecule has 4 aromatic carbocycles. The van der Waals surface area contributed by atoms with E-state index in [0.717, 1.165) is 18.2 Å². The summed E-state index contributed by atoms with van der Waals surface area (Å²) in [5.41, 5.74) is -1.30. The molecule has 0 spiro atoms. The Hall–Kier alpha value is -5.55. The van der Waals surface area contributed by atoms with Gasteiger partial charge in [-0.05, 0) is 58.1 Å². The quantitative estimate of drug-likeness (QED) is 0.0931. The first-order valence-corrected chi connectivity index (χ1v) is 19.0. The fraction of sp³-hybridized carbons (Fsp3) is 0.357. The summed E-state index contributed by atoms with van der Waals surface area (Å²) in [6, 6.07) is 13.1. The number of aliphatic hydroxyl groups is 9. The van der Waals surface area contributed by atoms with Gasteiger partial charge in [0.05, 0.1) is 47.6 Å². The van der Waals surface area contributed by atoms with Gasteiger partial charge in [-0.15, -0.1) is 0 Å². The molecule has 2 aliphatic heterocycles. The van der Waals surface area contributed by atoms with Crippen molar-refractivity contribution in [2.24, 2.45) is 0 Å². The molecular weight excluding hydrogens is 808 g/mol. The molecule has 0 bridgehead atoms. The van der Waals surface area contributed by atoms with Gasteiger partial charge in [-0.2, -0.15) is 0 Å². The second-order valence-electron chi connectivity index (χ2n) is 15.2. The second-order valence-corrected chi connectivity index (χ2v) is 15.2. The zero-order valence-electron chi connectivity index (χ0n) is 31.5. The molecule has 4 aliphatic rings. The molecule has 12 atom stereocenters. The van der Waals surface area contributed by atoms with Gasteiger partial charge in [-0.1, -0.05) is 30.3 Å². The molecule has 8 rings (SSSR count). The first-order valence-electron chi connectivity index (χ1n) is 19.0. The van der Waals surface area contributed by atoms with Gasteiger partial charge >= 0.3 is 5.97 Å². The molecule has 2 fully saturated rings. The molecule has 0 amide bonds. The number of fused-ring (bicyclic) bond motifs is 4. The summed E-state index contributed by atoms with van der Waals surface area (Å²) in [7, 11) is 0. The number of aromatic carboxylic acids is 1. The van der Waals surface area contributed by atoms with Crippen molar-refractivity contribution in [1.82, 2.24) is 0 Å². The fourth-order valence-electron chi connectivity index (χ4n) is 8.74. The maximum Gasteiger partial charge on any atom is 0.335 e. The topological polar surface area (TPSA) is 331 Å². The number of benzene rings is 4. The Kier molecular flexibility index (Phi) is 11.1. The Morgan fingerprint density at radius 1 is 0.557 bits per heavy atom. The van der Waals surface area contributed by atoms with E-state index in [0.29, 0.717) is 0 Å². The molecule has 4 aromatic rings. The first-order chi connectivity index (χ1) is 29.1. The highest BCUT2D eigenvalue weighted by atomic mass is 16.7. The van der Waals surface area contributed by atoms with E-state index in [1.165, 1.54) is 42.5 Å². The molecule has 12 N–H and O–H groups in total. The van der Waals surface area contributed by atoms with Crippen molar-refractivity contribution in [3.05, 3.63) is 116 Å². The van der Waals surface area contributed by atoms with E-state index in [2.05, 4.69) is 0 Å². The molecule has 10 unspecified atom stereocenters. The van der Waals surface area contributed by atoms with Crippen LogP contribution in [0.2, 0.25) is 0 Å². The summed E-state index contributed by atoms with van der Waals surface area (Å²) in [6.07, 6.45) is -17.4. The van der Waals surface area contributed by atoms with E-state index in [-0.39, 0.29) is 56.0 Å². The third-order valence-corrected chi connectivity index (χ3v) is 11.7. The highest BCUT2D eigenvalue weighted by molar-refractivity contribution is 6.18. The highest BCUT2D eigenvalue weighted by Crippen LogP contribution is 2.56. The maximum absolute atomic E-state index is 14.7. The van der Waals surface area contributed by atoms with E-state index in [9.17, 15) is 75.7 Å². The molecule has 2 saturated heterocycles. The van der Waals surface area contributed by atoms with Gasteiger partial charge in [0.1, 0.15) is 71.8 Å². The summed E-state index contributed by atoms with van der Waals surface area (Å²) in [4.78, 5) is 41.8. The number of carbonyl (C=O) groups excluding carboxylic acids is 2. The number of hydrogen-bond donors (Lipinski definition) is 12. The Morgan fingerprint density at radius 2 is 1.00 bits per heavy atom. The van der Waals surface area contributed by atoms with E-state index >= 15 is 0 Å². The van der Waals surface area contributed by atoms with Crippen LogP contribution < -0.4 is 9.47 Å². The third-order valence-electron chi connectivity index (χ3n) is 11.7. The largest absolute Gasteiger partial charge is 0.507 e. The van der Waals surface area contributed by atoms with Gasteiger partial charge in [0.2, 0.25) is 24.1 Å². The Balaban J connectivity index is 1.37. The number of carboxylic acids is 1. The van der Waals surface area contributed by atoms with Crippen LogP contribution in [0.3, 0.4) is 0 Å². The summed E-state index contributed by atoms with van der Waals surface area (Å²) < 4.78 is 23.1. The lowest BCUT2D eigenvalue weighted by molar-refractivity contribution is -0.277. The number of aliphatic hydroxyl groups excluding tert-OH is 9. The number of rotatable bonds is 9. The van der Waals surface area contributed by atoms with Crippen LogP contribution in [0.4, 0.5) is 0 Å². The molecule has 0 saturated carbocycles. The van der Waals surface area contributed by atoms with Crippen molar-refractivity contribution in [2.45, 2.75) is 79.9 Å². The molecule has 61 heavy (non-hydrogen) atoms. The molecular formula is C42H40O19. The number of phenolic OH excluding ortho intramolecular Hbond substituents is 2. The molecule has 2 heterocycles. The molecule has 0 aromatic heterocycles. The number of ether oxygens (including phenoxy) is 4. The lowest BCUT2D eigenvalue weighted by Gasteiger charge is -2.41. The Morgan fingerprint density at radius 3 is 1.43 bits per heavy atom. The van der Waals surface area contributed by atoms with Gasteiger partial charge < -0.3 is 80.2 Å². The number of carbonyl (C=O) groups is 3. The molecule has 0 radical (unpaired) electrons. The van der Waals surface area contributed by atoms with Gasteiger partial charge in [-0.3, -0.25) is 9.59 Å². The summed E-state index contributed by atoms with van der Waals surface area (Å²) >= 11 is 0. The Bertz CT molecular complexity index is 2410. The number of hydrogen-bond acceptors (Lipinski definition) is 18. The van der Waals surface area contributed by atoms with E-state index in [1.54, 1.807) is 0 Å². The van der Waals surface area contributed by atoms with Crippen LogP contribution in [0.25, 0.3) is 0 Å². The van der Waals surface area contributed by atoms with Crippen molar-refractivity contribution in [1.29, 1.82) is 0 Å². The van der Waals surface area contributed by atoms with Crippen LogP contribution in [-0.2, 0) is 16.1 Å². The predicted octanol–water partition coefficient (Wildman–Crippen LogP) is -1.30. The van der Waals surface area contributed by atoms with Crippen LogP contribution in [0.1, 0.15) is 81.9 Å². The van der Waals surface area contributed by atoms with Crippen LogP contribution in [0, 0.1) is 0 Å². The van der Waals surface area contributed by atoms with E-state index in [1.807, 2.05) is 0 Å². The number of carboxylic acid groups (broad SMARTS) is 1. The average Bonchev–Trinajstić information content (AvgIpc) is 3.24. The second kappa shape index (κ2) is 16.0. The number of ketones is 2. The zero-order chi connectivity index (χ0) is 43.8. The minimum Gasteiger partial charge on any atom is -0.507 e. The fourth-order valence-corrected chi connectivity index (χ4v) is 8.74. The minimum absolute atomic E-state index is 0.0646. The highest BCUT2D eigenvalue weighted by Gasteiger charge is 2.50. The van der Waals surface area contributed by atoms with Crippen molar-refractivity contribution >= 4 is 17.5 Å². The lowest BCUT2D eigenvalue weighted by atomic mass is 9.63. The van der Waals surface area contributed by atoms with E-state index < -0.39 is 133 Å². The van der Waals surface area contributed by atoms with Crippen LogP contribution in [0.15, 0.2) is 60.7 Å². The summed E-state index contributed by atoms with van der Waals surface area (Å²) in [5, 5.41) is 126. The number of aromatic hydroxyl groups is 2. The van der Waals surface area contributed by atoms with E-state index in [4.69, 9.17) is 18.9 Å². The SMILES string of the molecule is O=C(O)c1cc(O)c2c(c1)[C@H]([C@@H]1c3cc(CO)cc(O)c3C(=O)c3c(OC4OC(CO)C(O)C(O)C4O)cccc31)c1cccc(OC3OC(CO)C(O)C(O)C3O)c1C2=O. The van der Waals surface area contributed by atoms with Crippen LogP contribution in [-0.4, -0.2) is 153 Å². The van der Waals surface area contributed by atoms with Crippen molar-refractivity contribution < 1.29 is 94.6 Å². The standard InChI is InChI=1S/C42H40O19/c43-11-14-7-18-26(16-3-1-5-22(30(16)34(50)28(18)20(46)8-14)58-41-38(54)36(52)32(48)24(12-44)60-41)27-17-4-2-6-23(59-42-39(55)37(53)33(49)25(13-45)61-42)31(17)35(51)29-19(27)9-15(40(56)57)10-21(29)47/h1-10,24-27,32-33,36-39,41-49,52-55H,11-13H2,(H,56,57)/t24?,25?,26-,27+,32?,33?,36?,37?,38?,39?,41?,42?/m0/s1. The molecule has 322 valence electrons. The molecule has 19 heteroatoms. The zero-order valence-corrected chi connectivity index (χ0v) is 31.5. The smallest absolute Gasteiger partial charge is 0.335 e. The maximum atomic E-state index is 14.7. The normalized spacial score (nSPS) is 30.4. The van der Waals surface area contributed by atoms with Crippen LogP contribution >= 0.6 is 0 Å². The Labute approximate surface area is 344 Å². The average molecular weight is 849 g/mol. The van der Waals surface area contributed by atoms with Gasteiger partial charge in [0.15, 0.2) is 0 Å². The van der Waals surface area contributed by atoms with Crippen molar-refractivity contribution in [3.8, 4) is 23.0 Å². The molecule has 2 aliphatic carbocycles. The first kappa shape index (κ1) is 42.2. The van der Waals surface area contributed by atoms with Gasteiger partial charge in [0, 0.05) is 11.8 Å². The summed E-state index contributed by atoms with van der Waals surface area (Å²) in [6.45, 7) is -2.21. The van der Waals surface area contributed by atoms with Crippen LogP contribution in [0.5, 0.6) is 23.0 Å². The van der Waals surface area contributed by atoms with Gasteiger partial charge in [0.25, 0.3) is 0 Å². The number of phenols is 2. The minimum atomic E-state index is -1.91. The van der Waals surface area contributed by atoms with Crippen molar-refractivity contribution in [2.75, 3.05) is 13.2 Å². The molecule has 19 nitrogen and oxygen atoms in total.